The van der Waals surface area contributed by atoms with E-state index in [0.717, 1.165) is 25.1 Å². The molecule has 1 saturated heterocycles. The second-order valence-electron chi connectivity index (χ2n) is 7.08. The maximum absolute atomic E-state index is 6.18. The summed E-state index contributed by atoms with van der Waals surface area (Å²) in [4.78, 5) is 2.71. The number of nitrogens with zero attached hydrogens (tertiary/aromatic N) is 1. The summed E-state index contributed by atoms with van der Waals surface area (Å²) in [5.41, 5.74) is 7.12. The lowest BCUT2D eigenvalue weighted by molar-refractivity contribution is 0.00205. The Labute approximate surface area is 128 Å². The predicted molar refractivity (Wildman–Crippen MR) is 86.5 cm³/mol. The van der Waals surface area contributed by atoms with Gasteiger partial charge in [-0.1, -0.05) is 24.6 Å². The fraction of sp³-hybridized carbons (Fsp3) is 0.667. The molecule has 0 aliphatic carbocycles. The summed E-state index contributed by atoms with van der Waals surface area (Å²) in [6.45, 7) is 6.39. The number of nitrogens with two attached hydrogens (primary N) is 1. The minimum atomic E-state index is -0.0935. The highest BCUT2D eigenvalue weighted by Crippen LogP contribution is 2.44. The minimum Gasteiger partial charge on any atom is -0.487 e. The lowest BCUT2D eigenvalue weighted by Gasteiger charge is -2.47. The molecule has 2 aliphatic heterocycles. The molecule has 0 bridgehead atoms. The topological polar surface area (TPSA) is 38.5 Å². The summed E-state index contributed by atoms with van der Waals surface area (Å²) >= 11 is 0. The molecule has 0 radical (unpaired) electrons. The van der Waals surface area contributed by atoms with E-state index >= 15 is 0 Å². The molecular formula is C18H28N2O. The molecule has 0 aromatic heterocycles. The maximum atomic E-state index is 6.18. The first-order chi connectivity index (χ1) is 10.1. The third-order valence-electron chi connectivity index (χ3n) is 4.92. The number of hydrogen-bond donors (Lipinski definition) is 1. The zero-order valence-corrected chi connectivity index (χ0v) is 13.3. The van der Waals surface area contributed by atoms with E-state index in [0.29, 0.717) is 12.1 Å². The van der Waals surface area contributed by atoms with E-state index < -0.39 is 0 Å². The number of hydrogen-bond acceptors (Lipinski definition) is 3. The van der Waals surface area contributed by atoms with Crippen LogP contribution in [0, 0.1) is 0 Å². The van der Waals surface area contributed by atoms with Gasteiger partial charge in [-0.25, -0.2) is 0 Å². The molecule has 2 aliphatic rings. The van der Waals surface area contributed by atoms with Gasteiger partial charge in [-0.05, 0) is 52.3 Å². The Hall–Kier alpha value is -1.06. The van der Waals surface area contributed by atoms with Crippen LogP contribution < -0.4 is 10.5 Å². The summed E-state index contributed by atoms with van der Waals surface area (Å²) in [6.07, 6.45) is 6.11. The van der Waals surface area contributed by atoms with Crippen LogP contribution in [-0.4, -0.2) is 29.6 Å². The largest absolute Gasteiger partial charge is 0.487 e. The van der Waals surface area contributed by atoms with E-state index in [9.17, 15) is 0 Å². The molecule has 0 amide bonds. The Morgan fingerprint density at radius 1 is 1.29 bits per heavy atom. The number of piperidine rings is 1. The molecule has 1 fully saturated rings. The molecule has 2 heterocycles. The summed E-state index contributed by atoms with van der Waals surface area (Å²) in [5.74, 6) is 1.07. The van der Waals surface area contributed by atoms with Crippen LogP contribution >= 0.6 is 0 Å². The molecule has 3 rings (SSSR count). The van der Waals surface area contributed by atoms with Crippen LogP contribution in [0.4, 0.5) is 0 Å². The molecule has 21 heavy (non-hydrogen) atoms. The molecule has 0 spiro atoms. The minimum absolute atomic E-state index is 0.0935. The monoisotopic (exact) mass is 288 g/mol. The first kappa shape index (κ1) is 14.9. The molecule has 0 saturated carbocycles. The van der Waals surface area contributed by atoms with Gasteiger partial charge in [0.15, 0.2) is 0 Å². The van der Waals surface area contributed by atoms with Crippen molar-refractivity contribution in [3.05, 3.63) is 29.8 Å². The van der Waals surface area contributed by atoms with Gasteiger partial charge in [0.25, 0.3) is 0 Å². The zero-order chi connectivity index (χ0) is 14.9. The fourth-order valence-electron chi connectivity index (χ4n) is 4.00. The van der Waals surface area contributed by atoms with E-state index in [1.54, 1.807) is 0 Å². The molecule has 1 aromatic carbocycles. The van der Waals surface area contributed by atoms with Gasteiger partial charge in [-0.3, -0.25) is 4.90 Å². The van der Waals surface area contributed by atoms with Gasteiger partial charge >= 0.3 is 0 Å². The van der Waals surface area contributed by atoms with Crippen molar-refractivity contribution < 1.29 is 4.74 Å². The van der Waals surface area contributed by atoms with Crippen molar-refractivity contribution in [3.8, 4) is 5.75 Å². The average Bonchev–Trinajstić information content (AvgIpc) is 2.46. The van der Waals surface area contributed by atoms with Crippen LogP contribution in [0.3, 0.4) is 0 Å². The number of para-hydroxylation sites is 1. The highest BCUT2D eigenvalue weighted by Gasteiger charge is 2.39. The number of rotatable bonds is 3. The van der Waals surface area contributed by atoms with Crippen molar-refractivity contribution in [2.45, 2.75) is 63.6 Å². The van der Waals surface area contributed by atoms with Gasteiger partial charge in [0, 0.05) is 24.1 Å². The van der Waals surface area contributed by atoms with Crippen molar-refractivity contribution in [3.63, 3.8) is 0 Å². The SMILES string of the molecule is CC1(C)CC(N2CCCCC2CCN)c2ccccc2O1. The first-order valence-corrected chi connectivity index (χ1v) is 8.34. The van der Waals surface area contributed by atoms with E-state index in [1.807, 2.05) is 0 Å². The van der Waals surface area contributed by atoms with E-state index in [4.69, 9.17) is 10.5 Å². The Morgan fingerprint density at radius 3 is 2.90 bits per heavy atom. The van der Waals surface area contributed by atoms with Crippen LogP contribution in [-0.2, 0) is 0 Å². The number of ether oxygens (including phenoxy) is 1. The lowest BCUT2D eigenvalue weighted by Crippen LogP contribution is -2.47. The standard InChI is InChI=1S/C18H28N2O/c1-18(2)13-16(15-8-3-4-9-17(15)21-18)20-12-6-5-7-14(20)10-11-19/h3-4,8-9,14,16H,5-7,10-13,19H2,1-2H3. The Morgan fingerprint density at radius 2 is 2.10 bits per heavy atom. The smallest absolute Gasteiger partial charge is 0.124 e. The first-order valence-electron chi connectivity index (χ1n) is 8.34. The predicted octanol–water partition coefficient (Wildman–Crippen LogP) is 3.49. The molecule has 2 unspecified atom stereocenters. The normalized spacial score (nSPS) is 28.7. The third kappa shape index (κ3) is 3.09. The molecule has 1 aromatic rings. The molecule has 3 nitrogen and oxygen atoms in total. The van der Waals surface area contributed by atoms with Crippen molar-refractivity contribution in [2.24, 2.45) is 5.73 Å². The molecular weight excluding hydrogens is 260 g/mol. The molecule has 3 heteroatoms. The summed E-state index contributed by atoms with van der Waals surface area (Å²) in [7, 11) is 0. The summed E-state index contributed by atoms with van der Waals surface area (Å²) in [5, 5.41) is 0. The molecule has 116 valence electrons. The Kier molecular flexibility index (Phi) is 4.23. The van der Waals surface area contributed by atoms with Crippen LogP contribution in [0.25, 0.3) is 0 Å². The lowest BCUT2D eigenvalue weighted by atomic mass is 9.85. The average molecular weight is 288 g/mol. The maximum Gasteiger partial charge on any atom is 0.124 e. The fourth-order valence-corrected chi connectivity index (χ4v) is 4.00. The number of benzene rings is 1. The van der Waals surface area contributed by atoms with Crippen LogP contribution in [0.5, 0.6) is 5.75 Å². The van der Waals surface area contributed by atoms with Crippen molar-refractivity contribution >= 4 is 0 Å². The molecule has 2 atom stereocenters. The summed E-state index contributed by atoms with van der Waals surface area (Å²) in [6, 6.07) is 9.67. The second kappa shape index (κ2) is 5.98. The quantitative estimate of drug-likeness (QED) is 0.925. The zero-order valence-electron chi connectivity index (χ0n) is 13.3. The van der Waals surface area contributed by atoms with E-state index in [1.165, 1.54) is 31.4 Å². The van der Waals surface area contributed by atoms with Gasteiger partial charge in [0.05, 0.1) is 0 Å². The number of fused-ring (bicyclic) bond motifs is 1. The molecule has 2 N–H and O–H groups in total. The van der Waals surface area contributed by atoms with Gasteiger partial charge in [-0.2, -0.15) is 0 Å². The third-order valence-corrected chi connectivity index (χ3v) is 4.92. The van der Waals surface area contributed by atoms with Crippen molar-refractivity contribution in [1.82, 2.24) is 4.90 Å². The second-order valence-corrected chi connectivity index (χ2v) is 7.08. The van der Waals surface area contributed by atoms with Gasteiger partial charge in [0.1, 0.15) is 11.4 Å². The van der Waals surface area contributed by atoms with Gasteiger partial charge in [-0.15, -0.1) is 0 Å². The highest BCUT2D eigenvalue weighted by atomic mass is 16.5. The van der Waals surface area contributed by atoms with Crippen molar-refractivity contribution in [1.29, 1.82) is 0 Å². The van der Waals surface area contributed by atoms with Crippen LogP contribution in [0.2, 0.25) is 0 Å². The van der Waals surface area contributed by atoms with Gasteiger partial charge < -0.3 is 10.5 Å². The number of likely N-dealkylation sites (tertiary alicyclic amines) is 1. The van der Waals surface area contributed by atoms with Gasteiger partial charge in [0.2, 0.25) is 0 Å². The Balaban J connectivity index is 1.92. The Bertz CT molecular complexity index is 484. The summed E-state index contributed by atoms with van der Waals surface area (Å²) < 4.78 is 6.18. The highest BCUT2D eigenvalue weighted by molar-refractivity contribution is 5.39. The van der Waals surface area contributed by atoms with Crippen LogP contribution in [0.15, 0.2) is 24.3 Å². The van der Waals surface area contributed by atoms with Crippen LogP contribution in [0.1, 0.15) is 57.6 Å². The van der Waals surface area contributed by atoms with E-state index in [-0.39, 0.29) is 5.60 Å². The van der Waals surface area contributed by atoms with E-state index in [2.05, 4.69) is 43.0 Å². The van der Waals surface area contributed by atoms with Crippen molar-refractivity contribution in [2.75, 3.05) is 13.1 Å².